The molecule has 0 unspecified atom stereocenters. The molecule has 4 nitrogen and oxygen atoms in total. The zero-order chi connectivity index (χ0) is 15.9. The van der Waals surface area contributed by atoms with Gasteiger partial charge in [-0.15, -0.1) is 0 Å². The molecule has 0 amide bonds. The van der Waals surface area contributed by atoms with Crippen LogP contribution >= 0.6 is 0 Å². The molecule has 0 atom stereocenters. The SMILES string of the molecule is N=C(N=C(N=Cc1ccco1)c1ccccc1)c1ccccc1. The van der Waals surface area contributed by atoms with Gasteiger partial charge in [0.05, 0.1) is 12.5 Å². The molecule has 0 aliphatic heterocycles. The normalized spacial score (nSPS) is 11.7. The van der Waals surface area contributed by atoms with Gasteiger partial charge in [-0.2, -0.15) is 0 Å². The van der Waals surface area contributed by atoms with Gasteiger partial charge in [-0.05, 0) is 12.1 Å². The third-order valence-corrected chi connectivity index (χ3v) is 3.15. The predicted octanol–water partition coefficient (Wildman–Crippen LogP) is 4.17. The van der Waals surface area contributed by atoms with Gasteiger partial charge in [0.1, 0.15) is 5.76 Å². The van der Waals surface area contributed by atoms with Crippen LogP contribution in [0.2, 0.25) is 0 Å². The summed E-state index contributed by atoms with van der Waals surface area (Å²) >= 11 is 0. The maximum atomic E-state index is 8.18. The number of aliphatic imine (C=N–C) groups is 2. The van der Waals surface area contributed by atoms with Crippen molar-refractivity contribution in [3.05, 3.63) is 95.9 Å². The monoisotopic (exact) mass is 301 g/mol. The zero-order valence-corrected chi connectivity index (χ0v) is 12.4. The summed E-state index contributed by atoms with van der Waals surface area (Å²) in [7, 11) is 0. The van der Waals surface area contributed by atoms with E-state index in [4.69, 9.17) is 9.83 Å². The molecule has 0 aliphatic rings. The second-order valence-electron chi connectivity index (χ2n) is 4.79. The van der Waals surface area contributed by atoms with Gasteiger partial charge in [-0.25, -0.2) is 9.98 Å². The van der Waals surface area contributed by atoms with Gasteiger partial charge >= 0.3 is 0 Å². The van der Waals surface area contributed by atoms with Crippen LogP contribution in [0.1, 0.15) is 16.9 Å². The number of nitrogens with one attached hydrogen (secondary N) is 1. The Morgan fingerprint density at radius 3 is 2.09 bits per heavy atom. The van der Waals surface area contributed by atoms with Crippen LogP contribution in [0, 0.1) is 5.41 Å². The first-order valence-corrected chi connectivity index (χ1v) is 7.18. The molecule has 0 aliphatic carbocycles. The number of benzene rings is 2. The predicted molar refractivity (Wildman–Crippen MR) is 92.6 cm³/mol. The lowest BCUT2D eigenvalue weighted by atomic mass is 10.2. The van der Waals surface area contributed by atoms with Gasteiger partial charge in [0.25, 0.3) is 0 Å². The molecule has 0 fully saturated rings. The van der Waals surface area contributed by atoms with Crippen LogP contribution in [0.3, 0.4) is 0 Å². The number of rotatable bonds is 3. The second-order valence-corrected chi connectivity index (χ2v) is 4.79. The van der Waals surface area contributed by atoms with E-state index in [0.29, 0.717) is 11.6 Å². The van der Waals surface area contributed by atoms with E-state index in [-0.39, 0.29) is 5.84 Å². The standard InChI is InChI=1S/C19H15N3O/c20-18(15-8-3-1-4-9-15)22-19(16-10-5-2-6-11-16)21-14-17-12-7-13-23-17/h1-14,20H. The van der Waals surface area contributed by atoms with Crippen molar-refractivity contribution in [2.75, 3.05) is 0 Å². The summed E-state index contributed by atoms with van der Waals surface area (Å²) in [6.07, 6.45) is 3.19. The number of hydrogen-bond acceptors (Lipinski definition) is 2. The summed E-state index contributed by atoms with van der Waals surface area (Å²) in [4.78, 5) is 8.77. The van der Waals surface area contributed by atoms with Crippen molar-refractivity contribution < 1.29 is 4.42 Å². The minimum atomic E-state index is 0.168. The Hall–Kier alpha value is -3.27. The Morgan fingerprint density at radius 2 is 1.48 bits per heavy atom. The smallest absolute Gasteiger partial charge is 0.161 e. The molecule has 0 spiro atoms. The van der Waals surface area contributed by atoms with Crippen molar-refractivity contribution in [1.82, 2.24) is 0 Å². The topological polar surface area (TPSA) is 61.7 Å². The zero-order valence-electron chi connectivity index (χ0n) is 12.4. The van der Waals surface area contributed by atoms with Gasteiger partial charge < -0.3 is 4.42 Å². The molecule has 1 heterocycles. The lowest BCUT2D eigenvalue weighted by Gasteiger charge is -2.03. The first-order chi connectivity index (χ1) is 11.3. The highest BCUT2D eigenvalue weighted by atomic mass is 16.3. The highest BCUT2D eigenvalue weighted by Gasteiger charge is 2.05. The maximum absolute atomic E-state index is 8.18. The Kier molecular flexibility index (Phi) is 4.55. The first kappa shape index (κ1) is 14.7. The summed E-state index contributed by atoms with van der Waals surface area (Å²) in [6.45, 7) is 0. The Labute approximate surface area is 134 Å². The van der Waals surface area contributed by atoms with Crippen molar-refractivity contribution in [1.29, 1.82) is 5.41 Å². The molecule has 112 valence electrons. The van der Waals surface area contributed by atoms with E-state index in [1.54, 1.807) is 18.5 Å². The summed E-state index contributed by atoms with van der Waals surface area (Å²) < 4.78 is 5.25. The van der Waals surface area contributed by atoms with Crippen LogP contribution in [0.4, 0.5) is 0 Å². The average Bonchev–Trinajstić information content (AvgIpc) is 3.13. The molecule has 3 aromatic rings. The Morgan fingerprint density at radius 1 is 0.826 bits per heavy atom. The van der Waals surface area contributed by atoms with E-state index in [2.05, 4.69) is 9.98 Å². The highest BCUT2D eigenvalue weighted by molar-refractivity contribution is 6.13. The summed E-state index contributed by atoms with van der Waals surface area (Å²) in [5.74, 6) is 1.27. The molecular formula is C19H15N3O. The molecule has 4 heteroatoms. The number of nitrogens with zero attached hydrogens (tertiary/aromatic N) is 2. The van der Waals surface area contributed by atoms with Gasteiger partial charge in [0.2, 0.25) is 0 Å². The molecule has 1 aromatic heterocycles. The van der Waals surface area contributed by atoms with E-state index in [1.165, 1.54) is 0 Å². The van der Waals surface area contributed by atoms with Crippen LogP contribution in [-0.2, 0) is 0 Å². The minimum absolute atomic E-state index is 0.168. The molecule has 0 radical (unpaired) electrons. The Bertz CT molecular complexity index is 820. The summed E-state index contributed by atoms with van der Waals surface area (Å²) in [5.41, 5.74) is 1.59. The molecule has 0 saturated carbocycles. The van der Waals surface area contributed by atoms with Crippen LogP contribution in [0.15, 0.2) is 93.5 Å². The lowest BCUT2D eigenvalue weighted by molar-refractivity contribution is 0.560. The van der Waals surface area contributed by atoms with E-state index < -0.39 is 0 Å². The number of amidine groups is 2. The molecule has 23 heavy (non-hydrogen) atoms. The molecule has 3 rings (SSSR count). The van der Waals surface area contributed by atoms with Crippen molar-refractivity contribution in [2.45, 2.75) is 0 Å². The van der Waals surface area contributed by atoms with E-state index in [0.717, 1.165) is 11.1 Å². The van der Waals surface area contributed by atoms with Crippen LogP contribution in [-0.4, -0.2) is 17.9 Å². The van der Waals surface area contributed by atoms with Crippen molar-refractivity contribution in [3.8, 4) is 0 Å². The number of hydrogen-bond donors (Lipinski definition) is 1. The first-order valence-electron chi connectivity index (χ1n) is 7.18. The maximum Gasteiger partial charge on any atom is 0.161 e. The molecule has 2 aromatic carbocycles. The van der Waals surface area contributed by atoms with Crippen molar-refractivity contribution in [3.63, 3.8) is 0 Å². The van der Waals surface area contributed by atoms with E-state index >= 15 is 0 Å². The lowest BCUT2D eigenvalue weighted by Crippen LogP contribution is -2.04. The van der Waals surface area contributed by atoms with Crippen LogP contribution in [0.5, 0.6) is 0 Å². The van der Waals surface area contributed by atoms with Gasteiger partial charge in [0, 0.05) is 11.1 Å². The fourth-order valence-corrected chi connectivity index (χ4v) is 2.01. The highest BCUT2D eigenvalue weighted by Crippen LogP contribution is 2.07. The van der Waals surface area contributed by atoms with Crippen LogP contribution in [0.25, 0.3) is 0 Å². The molecule has 0 saturated heterocycles. The Balaban J connectivity index is 1.95. The quantitative estimate of drug-likeness (QED) is 0.572. The van der Waals surface area contributed by atoms with Crippen molar-refractivity contribution >= 4 is 17.9 Å². The van der Waals surface area contributed by atoms with E-state index in [9.17, 15) is 0 Å². The second kappa shape index (κ2) is 7.13. The largest absolute Gasteiger partial charge is 0.463 e. The third kappa shape index (κ3) is 3.89. The fourth-order valence-electron chi connectivity index (χ4n) is 2.01. The van der Waals surface area contributed by atoms with E-state index in [1.807, 2.05) is 66.7 Å². The summed E-state index contributed by atoms with van der Waals surface area (Å²) in [6, 6.07) is 22.6. The molecule has 1 N–H and O–H groups in total. The molecular weight excluding hydrogens is 286 g/mol. The fraction of sp³-hybridized carbons (Fsp3) is 0. The average molecular weight is 301 g/mol. The van der Waals surface area contributed by atoms with Gasteiger partial charge in [0.15, 0.2) is 11.7 Å². The van der Waals surface area contributed by atoms with Crippen molar-refractivity contribution in [2.24, 2.45) is 9.98 Å². The minimum Gasteiger partial charge on any atom is -0.463 e. The summed E-state index contributed by atoms with van der Waals surface area (Å²) in [5, 5.41) is 8.18. The van der Waals surface area contributed by atoms with Gasteiger partial charge in [-0.1, -0.05) is 60.7 Å². The third-order valence-electron chi connectivity index (χ3n) is 3.15. The van der Waals surface area contributed by atoms with Crippen LogP contribution < -0.4 is 0 Å². The van der Waals surface area contributed by atoms with Gasteiger partial charge in [-0.3, -0.25) is 5.41 Å². The molecule has 0 bridgehead atoms. The number of furan rings is 1.